The number of carbonyl (C=O) groups excluding carboxylic acids is 2. The molecule has 0 bridgehead atoms. The van der Waals surface area contributed by atoms with Crippen LogP contribution in [0.1, 0.15) is 33.6 Å². The fourth-order valence-corrected chi connectivity index (χ4v) is 3.60. The average Bonchev–Trinajstić information content (AvgIpc) is 2.25. The molecule has 1 fully saturated rings. The van der Waals surface area contributed by atoms with Crippen LogP contribution in [-0.2, 0) is 9.59 Å². The molecule has 3 atom stereocenters. The molecule has 0 radical (unpaired) electrons. The summed E-state index contributed by atoms with van der Waals surface area (Å²) in [6.07, 6.45) is -0.0260. The third-order valence-electron chi connectivity index (χ3n) is 3.01. The maximum absolute atomic E-state index is 12.0. The fraction of sp³-hybridized carbons (Fsp3) is 0.769. The molecule has 1 saturated heterocycles. The van der Waals surface area contributed by atoms with Gasteiger partial charge in [-0.1, -0.05) is 20.8 Å². The summed E-state index contributed by atoms with van der Waals surface area (Å²) in [5, 5.41) is 11.7. The number of hydrogen-bond donors (Lipinski definition) is 2. The molecule has 6 nitrogen and oxygen atoms in total. The van der Waals surface area contributed by atoms with Crippen molar-refractivity contribution in [2.45, 2.75) is 44.1 Å². The predicted molar refractivity (Wildman–Crippen MR) is 77.7 cm³/mol. The fourth-order valence-electron chi connectivity index (χ4n) is 2.28. The first kappa shape index (κ1) is 16.8. The van der Waals surface area contributed by atoms with E-state index in [-0.39, 0.29) is 24.8 Å². The van der Waals surface area contributed by atoms with E-state index in [1.807, 2.05) is 11.8 Å². The molecule has 20 heavy (non-hydrogen) atoms. The third-order valence-corrected chi connectivity index (χ3v) is 4.24. The lowest BCUT2D eigenvalue weighted by Gasteiger charge is -2.34. The first-order chi connectivity index (χ1) is 9.27. The van der Waals surface area contributed by atoms with E-state index in [2.05, 4.69) is 19.2 Å². The summed E-state index contributed by atoms with van der Waals surface area (Å²) in [6, 6.07) is -0.378. The number of carbonyl (C=O) groups is 3. The summed E-state index contributed by atoms with van der Waals surface area (Å²) in [4.78, 5) is 35.8. The smallest absolute Gasteiger partial charge is 0.324 e. The molecular formula is C13H22N2O4S. The minimum absolute atomic E-state index is 0.0474. The maximum Gasteiger partial charge on any atom is 0.324 e. The topological polar surface area (TPSA) is 86.7 Å². The van der Waals surface area contributed by atoms with E-state index in [0.717, 1.165) is 0 Å². The summed E-state index contributed by atoms with van der Waals surface area (Å²) >= 11 is 1.83. The monoisotopic (exact) mass is 302 g/mol. The minimum Gasteiger partial charge on any atom is -0.481 e. The van der Waals surface area contributed by atoms with Gasteiger partial charge < -0.3 is 10.0 Å². The van der Waals surface area contributed by atoms with Gasteiger partial charge in [-0.15, -0.1) is 0 Å². The van der Waals surface area contributed by atoms with Crippen LogP contribution < -0.4 is 5.32 Å². The molecule has 1 aliphatic heterocycles. The van der Waals surface area contributed by atoms with Gasteiger partial charge >= 0.3 is 12.0 Å². The first-order valence-electron chi connectivity index (χ1n) is 6.74. The number of thioether (sulfide) groups is 1. The van der Waals surface area contributed by atoms with Crippen LogP contribution in [0.15, 0.2) is 0 Å². The van der Waals surface area contributed by atoms with Crippen molar-refractivity contribution >= 4 is 29.7 Å². The second-order valence-electron chi connectivity index (χ2n) is 5.42. The molecule has 2 N–H and O–H groups in total. The molecule has 3 amide bonds. The number of carboxylic acid groups (broad SMARTS) is 1. The highest BCUT2D eigenvalue weighted by Crippen LogP contribution is 2.24. The van der Waals surface area contributed by atoms with E-state index < -0.39 is 11.9 Å². The summed E-state index contributed by atoms with van der Waals surface area (Å²) in [7, 11) is 0. The van der Waals surface area contributed by atoms with E-state index >= 15 is 0 Å². The van der Waals surface area contributed by atoms with Crippen LogP contribution in [0.25, 0.3) is 0 Å². The highest BCUT2D eigenvalue weighted by atomic mass is 32.2. The van der Waals surface area contributed by atoms with E-state index in [1.54, 1.807) is 11.8 Å². The van der Waals surface area contributed by atoms with Crippen molar-refractivity contribution in [1.82, 2.24) is 10.2 Å². The zero-order valence-electron chi connectivity index (χ0n) is 12.1. The van der Waals surface area contributed by atoms with Crippen LogP contribution in [0.2, 0.25) is 0 Å². The standard InChI is InChI=1S/C13H22N2O4S/c1-8(5-12(17)18)4-11(16)14-13(19)15-6-9(2)20-10(3)7-15/h8-10H,4-7H2,1-3H3,(H,17,18)(H,14,16,19). The molecule has 0 aromatic heterocycles. The van der Waals surface area contributed by atoms with Crippen LogP contribution in [0.4, 0.5) is 4.79 Å². The molecule has 1 rings (SSSR count). The Morgan fingerprint density at radius 3 is 2.30 bits per heavy atom. The van der Waals surface area contributed by atoms with Crippen molar-refractivity contribution in [1.29, 1.82) is 0 Å². The lowest BCUT2D eigenvalue weighted by atomic mass is 10.0. The zero-order chi connectivity index (χ0) is 15.3. The molecule has 114 valence electrons. The van der Waals surface area contributed by atoms with Crippen LogP contribution in [-0.4, -0.2) is 51.5 Å². The van der Waals surface area contributed by atoms with Crippen molar-refractivity contribution in [3.05, 3.63) is 0 Å². The normalized spacial score (nSPS) is 24.1. The number of amides is 3. The van der Waals surface area contributed by atoms with E-state index in [0.29, 0.717) is 23.6 Å². The maximum atomic E-state index is 12.0. The lowest BCUT2D eigenvalue weighted by Crippen LogP contribution is -2.50. The number of urea groups is 1. The highest BCUT2D eigenvalue weighted by molar-refractivity contribution is 8.00. The van der Waals surface area contributed by atoms with Crippen LogP contribution in [0, 0.1) is 5.92 Å². The first-order valence-corrected chi connectivity index (χ1v) is 7.68. The largest absolute Gasteiger partial charge is 0.481 e. The number of aliphatic carboxylic acids is 1. The quantitative estimate of drug-likeness (QED) is 0.823. The van der Waals surface area contributed by atoms with Gasteiger partial charge in [0.15, 0.2) is 0 Å². The van der Waals surface area contributed by atoms with Gasteiger partial charge in [0.2, 0.25) is 5.91 Å². The molecule has 0 spiro atoms. The number of nitrogens with one attached hydrogen (secondary N) is 1. The second kappa shape index (κ2) is 7.52. The number of carboxylic acids is 1. The number of nitrogens with zero attached hydrogens (tertiary/aromatic N) is 1. The minimum atomic E-state index is -0.938. The van der Waals surface area contributed by atoms with Crippen molar-refractivity contribution in [2.24, 2.45) is 5.92 Å². The molecule has 0 aliphatic carbocycles. The molecular weight excluding hydrogens is 280 g/mol. The Hall–Kier alpha value is -1.24. The molecule has 0 aromatic carbocycles. The van der Waals surface area contributed by atoms with Crippen LogP contribution in [0.5, 0.6) is 0 Å². The Kier molecular flexibility index (Phi) is 6.32. The van der Waals surface area contributed by atoms with Gasteiger partial charge in [-0.3, -0.25) is 14.9 Å². The highest BCUT2D eigenvalue weighted by Gasteiger charge is 2.27. The van der Waals surface area contributed by atoms with Gasteiger partial charge in [-0.05, 0) is 5.92 Å². The second-order valence-corrected chi connectivity index (χ2v) is 7.30. The molecule has 0 saturated carbocycles. The summed E-state index contributed by atoms with van der Waals surface area (Å²) in [6.45, 7) is 7.03. The van der Waals surface area contributed by atoms with Gasteiger partial charge in [0.25, 0.3) is 0 Å². The average molecular weight is 302 g/mol. The SMILES string of the molecule is CC(CC(=O)O)CC(=O)NC(=O)N1CC(C)SC(C)C1. The van der Waals surface area contributed by atoms with E-state index in [9.17, 15) is 14.4 Å². The molecule has 3 unspecified atom stereocenters. The van der Waals surface area contributed by atoms with E-state index in [4.69, 9.17) is 5.11 Å². The Morgan fingerprint density at radius 1 is 1.25 bits per heavy atom. The van der Waals surface area contributed by atoms with Gasteiger partial charge in [0.05, 0.1) is 0 Å². The van der Waals surface area contributed by atoms with Crippen LogP contribution >= 0.6 is 11.8 Å². The van der Waals surface area contributed by atoms with Crippen molar-refractivity contribution in [2.75, 3.05) is 13.1 Å². The van der Waals surface area contributed by atoms with Crippen LogP contribution in [0.3, 0.4) is 0 Å². The summed E-state index contributed by atoms with van der Waals surface area (Å²) in [5.74, 6) is -1.63. The predicted octanol–water partition coefficient (Wildman–Crippen LogP) is 1.55. The van der Waals surface area contributed by atoms with Gasteiger partial charge in [0, 0.05) is 36.4 Å². The number of imide groups is 1. The summed E-state index contributed by atoms with van der Waals surface area (Å²) < 4.78 is 0. The summed E-state index contributed by atoms with van der Waals surface area (Å²) in [5.41, 5.74) is 0. The number of hydrogen-bond acceptors (Lipinski definition) is 4. The van der Waals surface area contributed by atoms with Gasteiger partial charge in [-0.25, -0.2) is 4.79 Å². The van der Waals surface area contributed by atoms with E-state index in [1.165, 1.54) is 0 Å². The Bertz CT molecular complexity index is 379. The zero-order valence-corrected chi connectivity index (χ0v) is 12.9. The lowest BCUT2D eigenvalue weighted by molar-refractivity contribution is -0.138. The molecule has 0 aromatic rings. The molecule has 1 heterocycles. The van der Waals surface area contributed by atoms with Gasteiger partial charge in [0.1, 0.15) is 0 Å². The molecule has 7 heteroatoms. The molecule has 1 aliphatic rings. The Balaban J connectivity index is 2.41. The van der Waals surface area contributed by atoms with Crippen molar-refractivity contribution in [3.63, 3.8) is 0 Å². The van der Waals surface area contributed by atoms with Crippen molar-refractivity contribution in [3.8, 4) is 0 Å². The Morgan fingerprint density at radius 2 is 1.80 bits per heavy atom. The van der Waals surface area contributed by atoms with Gasteiger partial charge in [-0.2, -0.15) is 11.8 Å². The Labute approximate surface area is 123 Å². The third kappa shape index (κ3) is 5.81. The number of rotatable bonds is 4. The van der Waals surface area contributed by atoms with Crippen molar-refractivity contribution < 1.29 is 19.5 Å².